The van der Waals surface area contributed by atoms with E-state index < -0.39 is 24.8 Å². The molecule has 1 aromatic heterocycles. The normalized spacial score (nSPS) is 14.2. The van der Waals surface area contributed by atoms with E-state index >= 15 is 0 Å². The summed E-state index contributed by atoms with van der Waals surface area (Å²) >= 11 is 0. The van der Waals surface area contributed by atoms with E-state index in [1.807, 2.05) is 0 Å². The highest BCUT2D eigenvalue weighted by molar-refractivity contribution is 5.89. The molecule has 6 nitrogen and oxygen atoms in total. The summed E-state index contributed by atoms with van der Waals surface area (Å²) < 4.78 is 4.50. The molecule has 3 N–H and O–H groups in total. The minimum atomic E-state index is -1.34. The molecule has 0 aliphatic rings. The fourth-order valence-corrected chi connectivity index (χ4v) is 1.15. The molecule has 0 radical (unpaired) electrons. The Labute approximate surface area is 92.1 Å². The molecule has 0 fully saturated rings. The Balaban J connectivity index is 2.94. The van der Waals surface area contributed by atoms with Gasteiger partial charge in [0.15, 0.2) is 0 Å². The van der Waals surface area contributed by atoms with E-state index in [2.05, 4.69) is 9.72 Å². The summed E-state index contributed by atoms with van der Waals surface area (Å²) in [5, 5.41) is 27.4. The highest BCUT2D eigenvalue weighted by Gasteiger charge is 2.20. The first kappa shape index (κ1) is 12.6. The van der Waals surface area contributed by atoms with Gasteiger partial charge in [-0.05, 0) is 12.1 Å². The van der Waals surface area contributed by atoms with Crippen molar-refractivity contribution in [2.75, 3.05) is 13.7 Å². The predicted octanol–water partition coefficient (Wildman–Crippen LogP) is -0.745. The Bertz CT molecular complexity index is 368. The number of aromatic nitrogens is 1. The third-order valence-electron chi connectivity index (χ3n) is 2.06. The molecular formula is C10H13NO5. The van der Waals surface area contributed by atoms with Gasteiger partial charge in [-0.1, -0.05) is 0 Å². The van der Waals surface area contributed by atoms with Gasteiger partial charge in [-0.3, -0.25) is 4.98 Å². The van der Waals surface area contributed by atoms with Gasteiger partial charge in [-0.15, -0.1) is 0 Å². The highest BCUT2D eigenvalue weighted by atomic mass is 16.5. The molecule has 1 aromatic rings. The van der Waals surface area contributed by atoms with E-state index in [9.17, 15) is 15.0 Å². The minimum Gasteiger partial charge on any atom is -0.465 e. The Morgan fingerprint density at radius 3 is 2.81 bits per heavy atom. The maximum absolute atomic E-state index is 11.2. The Morgan fingerprint density at radius 2 is 2.25 bits per heavy atom. The zero-order valence-corrected chi connectivity index (χ0v) is 8.70. The lowest BCUT2D eigenvalue weighted by Gasteiger charge is -2.15. The van der Waals surface area contributed by atoms with Crippen LogP contribution in [-0.4, -0.2) is 46.1 Å². The van der Waals surface area contributed by atoms with Crippen LogP contribution in [-0.2, 0) is 4.74 Å². The van der Waals surface area contributed by atoms with Gasteiger partial charge < -0.3 is 20.1 Å². The molecule has 88 valence electrons. The van der Waals surface area contributed by atoms with Crippen LogP contribution >= 0.6 is 0 Å². The van der Waals surface area contributed by atoms with Crippen molar-refractivity contribution in [3.63, 3.8) is 0 Å². The number of aliphatic hydroxyl groups excluding tert-OH is 3. The lowest BCUT2D eigenvalue weighted by molar-refractivity contribution is -0.0173. The van der Waals surface area contributed by atoms with Gasteiger partial charge in [0.1, 0.15) is 12.2 Å². The number of hydrogen-bond donors (Lipinski definition) is 3. The quantitative estimate of drug-likeness (QED) is 0.585. The lowest BCUT2D eigenvalue weighted by Crippen LogP contribution is -2.23. The van der Waals surface area contributed by atoms with Gasteiger partial charge in [0.05, 0.1) is 25.0 Å². The molecule has 16 heavy (non-hydrogen) atoms. The van der Waals surface area contributed by atoms with E-state index in [-0.39, 0.29) is 11.3 Å². The Morgan fingerprint density at radius 1 is 1.56 bits per heavy atom. The second-order valence-electron chi connectivity index (χ2n) is 3.16. The average Bonchev–Trinajstić information content (AvgIpc) is 2.36. The van der Waals surface area contributed by atoms with E-state index in [0.717, 1.165) is 0 Å². The second kappa shape index (κ2) is 5.55. The number of esters is 1. The minimum absolute atomic E-state index is 0.101. The summed E-state index contributed by atoms with van der Waals surface area (Å²) in [6, 6.07) is 2.72. The summed E-state index contributed by atoms with van der Waals surface area (Å²) in [5.41, 5.74) is 0.320. The number of hydrogen-bond acceptors (Lipinski definition) is 6. The molecule has 0 aliphatic carbocycles. The molecule has 0 spiro atoms. The Kier molecular flexibility index (Phi) is 4.36. The first-order valence-electron chi connectivity index (χ1n) is 4.61. The fourth-order valence-electron chi connectivity index (χ4n) is 1.15. The van der Waals surface area contributed by atoms with Crippen LogP contribution in [0.2, 0.25) is 0 Å². The van der Waals surface area contributed by atoms with Crippen molar-refractivity contribution >= 4 is 5.97 Å². The van der Waals surface area contributed by atoms with Gasteiger partial charge in [-0.25, -0.2) is 4.79 Å². The van der Waals surface area contributed by atoms with Crippen LogP contribution in [0.1, 0.15) is 22.2 Å². The third-order valence-corrected chi connectivity index (χ3v) is 2.06. The van der Waals surface area contributed by atoms with Crippen LogP contribution in [0.25, 0.3) is 0 Å². The number of carbonyl (C=O) groups excluding carboxylic acids is 1. The summed E-state index contributed by atoms with van der Waals surface area (Å²) in [4.78, 5) is 15.0. The van der Waals surface area contributed by atoms with Crippen molar-refractivity contribution < 1.29 is 24.9 Å². The molecule has 0 amide bonds. The largest absolute Gasteiger partial charge is 0.465 e. The molecule has 6 heteroatoms. The van der Waals surface area contributed by atoms with Crippen molar-refractivity contribution in [3.8, 4) is 0 Å². The van der Waals surface area contributed by atoms with Crippen molar-refractivity contribution in [2.24, 2.45) is 0 Å². The van der Waals surface area contributed by atoms with Crippen LogP contribution < -0.4 is 0 Å². The average molecular weight is 227 g/mol. The Hall–Kier alpha value is -1.50. The fraction of sp³-hybridized carbons (Fsp3) is 0.400. The van der Waals surface area contributed by atoms with Gasteiger partial charge in [0.25, 0.3) is 0 Å². The van der Waals surface area contributed by atoms with E-state index in [1.54, 1.807) is 0 Å². The highest BCUT2D eigenvalue weighted by Crippen LogP contribution is 2.15. The van der Waals surface area contributed by atoms with Crippen LogP contribution in [0.4, 0.5) is 0 Å². The van der Waals surface area contributed by atoms with E-state index in [4.69, 9.17) is 5.11 Å². The summed E-state index contributed by atoms with van der Waals surface area (Å²) in [6.07, 6.45) is -1.36. The van der Waals surface area contributed by atoms with Gasteiger partial charge in [-0.2, -0.15) is 0 Å². The maximum atomic E-state index is 11.2. The monoisotopic (exact) mass is 227 g/mol. The van der Waals surface area contributed by atoms with Crippen LogP contribution in [0.3, 0.4) is 0 Å². The van der Waals surface area contributed by atoms with Crippen LogP contribution in [0, 0.1) is 0 Å². The first-order chi connectivity index (χ1) is 7.60. The number of pyridine rings is 1. The number of rotatable bonds is 4. The van der Waals surface area contributed by atoms with E-state index in [1.165, 1.54) is 25.4 Å². The lowest BCUT2D eigenvalue weighted by atomic mass is 10.1. The maximum Gasteiger partial charge on any atom is 0.337 e. The van der Waals surface area contributed by atoms with Gasteiger partial charge in [0.2, 0.25) is 0 Å². The molecule has 0 aromatic carbocycles. The van der Waals surface area contributed by atoms with Crippen molar-refractivity contribution in [1.82, 2.24) is 4.98 Å². The second-order valence-corrected chi connectivity index (χ2v) is 3.16. The van der Waals surface area contributed by atoms with Crippen LogP contribution in [0.15, 0.2) is 18.3 Å². The van der Waals surface area contributed by atoms with Crippen LogP contribution in [0.5, 0.6) is 0 Å². The zero-order valence-electron chi connectivity index (χ0n) is 8.70. The molecule has 2 atom stereocenters. The van der Waals surface area contributed by atoms with E-state index in [0.29, 0.717) is 0 Å². The summed E-state index contributed by atoms with van der Waals surface area (Å²) in [6.45, 7) is -0.592. The van der Waals surface area contributed by atoms with Gasteiger partial charge >= 0.3 is 5.97 Å². The molecule has 0 saturated carbocycles. The topological polar surface area (TPSA) is 99.9 Å². The molecule has 0 aliphatic heterocycles. The summed E-state index contributed by atoms with van der Waals surface area (Å²) in [7, 11) is 1.24. The molecule has 0 saturated heterocycles. The molecular weight excluding hydrogens is 214 g/mol. The van der Waals surface area contributed by atoms with Crippen molar-refractivity contribution in [1.29, 1.82) is 0 Å². The molecule has 2 unspecified atom stereocenters. The zero-order chi connectivity index (χ0) is 12.1. The number of nitrogens with zero attached hydrogens (tertiary/aromatic N) is 1. The number of aliphatic hydroxyl groups is 3. The number of carbonyl (C=O) groups is 1. The first-order valence-corrected chi connectivity index (χ1v) is 4.61. The third kappa shape index (κ3) is 2.75. The molecule has 1 rings (SSSR count). The summed E-state index contributed by atoms with van der Waals surface area (Å²) in [5.74, 6) is -0.561. The van der Waals surface area contributed by atoms with Crippen molar-refractivity contribution in [3.05, 3.63) is 29.6 Å². The number of methoxy groups -OCH3 is 1. The smallest absolute Gasteiger partial charge is 0.337 e. The standard InChI is InChI=1S/C10H13NO5/c1-16-10(15)6-2-3-11-7(4-6)9(14)8(13)5-12/h2-4,8-9,12-14H,5H2,1H3. The molecule has 1 heterocycles. The SMILES string of the molecule is COC(=O)c1ccnc(C(O)C(O)CO)c1. The van der Waals surface area contributed by atoms with Gasteiger partial charge in [0, 0.05) is 6.20 Å². The predicted molar refractivity (Wildman–Crippen MR) is 53.6 cm³/mol. The van der Waals surface area contributed by atoms with Crippen molar-refractivity contribution in [2.45, 2.75) is 12.2 Å². The number of ether oxygens (including phenoxy) is 1. The molecule has 0 bridgehead atoms.